The zero-order chi connectivity index (χ0) is 19.1. The van der Waals surface area contributed by atoms with Crippen LogP contribution in [0.5, 0.6) is 5.88 Å². The Balaban J connectivity index is 1.84. The number of aromatic amines is 1. The highest BCUT2D eigenvalue weighted by molar-refractivity contribution is 5.57. The molecule has 3 N–H and O–H groups in total. The van der Waals surface area contributed by atoms with Gasteiger partial charge in [-0.25, -0.2) is 0 Å². The van der Waals surface area contributed by atoms with Crippen molar-refractivity contribution in [3.05, 3.63) is 57.1 Å². The number of aryl methyl sites for hydroxylation is 3. The molecule has 0 unspecified atom stereocenters. The molecule has 0 radical (unpaired) electrons. The first-order chi connectivity index (χ1) is 13.0. The molecule has 140 valence electrons. The lowest BCUT2D eigenvalue weighted by Gasteiger charge is -2.26. The Hall–Kier alpha value is -2.78. The predicted octanol–water partition coefficient (Wildman–Crippen LogP) is 3.15. The molecule has 2 aliphatic rings. The van der Waals surface area contributed by atoms with Gasteiger partial charge in [-0.15, -0.1) is 5.10 Å². The number of H-pyrrole nitrogens is 1. The van der Waals surface area contributed by atoms with E-state index in [1.165, 1.54) is 24.0 Å². The quantitative estimate of drug-likeness (QED) is 0.874. The van der Waals surface area contributed by atoms with Crippen LogP contribution in [0.3, 0.4) is 0 Å². The van der Waals surface area contributed by atoms with Crippen molar-refractivity contribution in [2.24, 2.45) is 5.73 Å². The van der Waals surface area contributed by atoms with Gasteiger partial charge in [0.15, 0.2) is 0 Å². The van der Waals surface area contributed by atoms with E-state index in [1.54, 1.807) is 0 Å². The highest BCUT2D eigenvalue weighted by Gasteiger charge is 2.35. The molecule has 27 heavy (non-hydrogen) atoms. The minimum absolute atomic E-state index is 0.141. The monoisotopic (exact) mass is 363 g/mol. The van der Waals surface area contributed by atoms with E-state index >= 15 is 0 Å². The molecule has 6 heteroatoms. The van der Waals surface area contributed by atoms with Crippen LogP contribution >= 0.6 is 0 Å². The van der Waals surface area contributed by atoms with E-state index in [2.05, 4.69) is 47.1 Å². The summed E-state index contributed by atoms with van der Waals surface area (Å²) in [5.41, 5.74) is 13.2. The second-order valence-electron chi connectivity index (χ2n) is 7.61. The van der Waals surface area contributed by atoms with Gasteiger partial charge in [-0.05, 0) is 69.0 Å². The summed E-state index contributed by atoms with van der Waals surface area (Å²) in [4.78, 5) is 2.50. The largest absolute Gasteiger partial charge is 0.420 e. The van der Waals surface area contributed by atoms with Gasteiger partial charge in [0.05, 0.1) is 5.92 Å². The van der Waals surface area contributed by atoms with Crippen LogP contribution in [-0.4, -0.2) is 28.2 Å². The highest BCUT2D eigenvalue weighted by atomic mass is 16.5. The van der Waals surface area contributed by atoms with Gasteiger partial charge in [-0.1, -0.05) is 12.1 Å². The van der Waals surface area contributed by atoms with Crippen molar-refractivity contribution in [2.75, 3.05) is 13.1 Å². The second kappa shape index (κ2) is 6.75. The number of nitrogens with one attached hydrogen (secondary N) is 1. The van der Waals surface area contributed by atoms with Gasteiger partial charge in [0.2, 0.25) is 11.8 Å². The molecular formula is C21H25N5O. The second-order valence-corrected chi connectivity index (χ2v) is 7.61. The maximum atomic E-state index is 9.79. The van der Waals surface area contributed by atoms with Gasteiger partial charge in [0.25, 0.3) is 0 Å². The van der Waals surface area contributed by atoms with Crippen molar-refractivity contribution in [1.82, 2.24) is 15.1 Å². The molecular weight excluding hydrogens is 338 g/mol. The normalized spacial score (nSPS) is 19.7. The number of allylic oxidation sites excluding steroid dienone is 1. The minimum Gasteiger partial charge on any atom is -0.420 e. The fraction of sp³-hybridized carbons (Fsp3) is 0.429. The predicted molar refractivity (Wildman–Crippen MR) is 103 cm³/mol. The average molecular weight is 363 g/mol. The van der Waals surface area contributed by atoms with E-state index in [-0.39, 0.29) is 11.8 Å². The Morgan fingerprint density at radius 2 is 2.00 bits per heavy atom. The van der Waals surface area contributed by atoms with E-state index in [9.17, 15) is 5.26 Å². The summed E-state index contributed by atoms with van der Waals surface area (Å²) in [7, 11) is 0. The van der Waals surface area contributed by atoms with Gasteiger partial charge in [-0.3, -0.25) is 10.00 Å². The highest BCUT2D eigenvalue weighted by Crippen LogP contribution is 2.44. The third-order valence-corrected chi connectivity index (χ3v) is 5.76. The molecule has 0 amide bonds. The summed E-state index contributed by atoms with van der Waals surface area (Å²) in [5.74, 6) is 0.355. The smallest absolute Gasteiger partial charge is 0.244 e. The molecule has 0 aliphatic carbocycles. The van der Waals surface area contributed by atoms with Crippen LogP contribution in [0.15, 0.2) is 23.6 Å². The molecule has 1 fully saturated rings. The summed E-state index contributed by atoms with van der Waals surface area (Å²) < 4.78 is 5.59. The SMILES string of the molecule is Cc1cc(C)c([C@H]2C(C#N)=C(N)Oc3n[nH]c(C)c32)cc1CN1CCCC1. The summed E-state index contributed by atoms with van der Waals surface area (Å²) in [6.07, 6.45) is 2.54. The van der Waals surface area contributed by atoms with E-state index in [1.807, 2.05) is 6.92 Å². The first-order valence-corrected chi connectivity index (χ1v) is 9.44. The molecule has 6 nitrogen and oxygen atoms in total. The van der Waals surface area contributed by atoms with E-state index < -0.39 is 0 Å². The number of benzene rings is 1. The third-order valence-electron chi connectivity index (χ3n) is 5.76. The zero-order valence-corrected chi connectivity index (χ0v) is 16.1. The van der Waals surface area contributed by atoms with E-state index in [0.717, 1.165) is 42.0 Å². The third kappa shape index (κ3) is 2.98. The number of ether oxygens (including phenoxy) is 1. The van der Waals surface area contributed by atoms with Crippen molar-refractivity contribution in [3.63, 3.8) is 0 Å². The Kier molecular flexibility index (Phi) is 4.40. The van der Waals surface area contributed by atoms with Crippen LogP contribution in [0.4, 0.5) is 0 Å². The van der Waals surface area contributed by atoms with Crippen LogP contribution in [-0.2, 0) is 6.54 Å². The lowest BCUT2D eigenvalue weighted by molar-refractivity contribution is 0.330. The van der Waals surface area contributed by atoms with E-state index in [0.29, 0.717) is 11.5 Å². The first-order valence-electron chi connectivity index (χ1n) is 9.44. The molecule has 0 saturated carbocycles. The van der Waals surface area contributed by atoms with Crippen molar-refractivity contribution in [1.29, 1.82) is 5.26 Å². The summed E-state index contributed by atoms with van der Waals surface area (Å²) in [6, 6.07) is 6.74. The number of nitriles is 1. The van der Waals surface area contributed by atoms with Crippen molar-refractivity contribution < 1.29 is 4.74 Å². The summed E-state index contributed by atoms with van der Waals surface area (Å²) in [5, 5.41) is 17.0. The molecule has 1 aromatic heterocycles. The van der Waals surface area contributed by atoms with Crippen LogP contribution in [0.1, 0.15) is 52.3 Å². The number of fused-ring (bicyclic) bond motifs is 1. The van der Waals surface area contributed by atoms with Gasteiger partial charge in [0, 0.05) is 17.8 Å². The van der Waals surface area contributed by atoms with E-state index in [4.69, 9.17) is 10.5 Å². The first kappa shape index (κ1) is 17.6. The van der Waals surface area contributed by atoms with Crippen LogP contribution < -0.4 is 10.5 Å². The summed E-state index contributed by atoms with van der Waals surface area (Å²) in [6.45, 7) is 9.46. The standard InChI is InChI=1S/C21H25N5O/c1-12-8-13(2)16(9-15(12)11-26-6-4-5-7-26)19-17(10-22)20(23)27-21-18(19)14(3)24-25-21/h8-9,19H,4-7,11,23H2,1-3H3,(H,24,25)/t19-/m0/s1. The molecule has 2 aliphatic heterocycles. The van der Waals surface area contributed by atoms with Gasteiger partial charge in [-0.2, -0.15) is 5.26 Å². The fourth-order valence-electron chi connectivity index (χ4n) is 4.29. The number of hydrogen-bond acceptors (Lipinski definition) is 5. The molecule has 0 bridgehead atoms. The molecule has 4 rings (SSSR count). The molecule has 0 spiro atoms. The molecule has 3 heterocycles. The zero-order valence-electron chi connectivity index (χ0n) is 16.1. The van der Waals surface area contributed by atoms with Gasteiger partial charge in [0.1, 0.15) is 11.6 Å². The van der Waals surface area contributed by atoms with Crippen molar-refractivity contribution in [2.45, 2.75) is 46.1 Å². The Bertz CT molecular complexity index is 960. The molecule has 2 aromatic rings. The van der Waals surface area contributed by atoms with Crippen molar-refractivity contribution >= 4 is 0 Å². The van der Waals surface area contributed by atoms with Gasteiger partial charge < -0.3 is 10.5 Å². The van der Waals surface area contributed by atoms with Crippen LogP contribution in [0.25, 0.3) is 0 Å². The number of aromatic nitrogens is 2. The number of nitrogens with two attached hydrogens (primary N) is 1. The summed E-state index contributed by atoms with van der Waals surface area (Å²) >= 11 is 0. The maximum absolute atomic E-state index is 9.79. The minimum atomic E-state index is -0.254. The molecule has 1 atom stereocenters. The Morgan fingerprint density at radius 3 is 2.70 bits per heavy atom. The fourth-order valence-corrected chi connectivity index (χ4v) is 4.29. The van der Waals surface area contributed by atoms with Crippen molar-refractivity contribution in [3.8, 4) is 11.9 Å². The van der Waals surface area contributed by atoms with Gasteiger partial charge >= 0.3 is 0 Å². The molecule has 1 saturated heterocycles. The molecule has 1 aromatic carbocycles. The Morgan fingerprint density at radius 1 is 1.26 bits per heavy atom. The van der Waals surface area contributed by atoms with Crippen LogP contribution in [0.2, 0.25) is 0 Å². The number of rotatable bonds is 3. The average Bonchev–Trinajstić information content (AvgIpc) is 3.26. The number of nitrogens with zero attached hydrogens (tertiary/aromatic N) is 3. The number of hydrogen-bond donors (Lipinski definition) is 2. The number of likely N-dealkylation sites (tertiary alicyclic amines) is 1. The van der Waals surface area contributed by atoms with Crippen LogP contribution in [0, 0.1) is 32.1 Å². The lowest BCUT2D eigenvalue weighted by Crippen LogP contribution is -2.22. The topological polar surface area (TPSA) is 91.0 Å². The Labute approximate surface area is 159 Å². The maximum Gasteiger partial charge on any atom is 0.244 e. The lowest BCUT2D eigenvalue weighted by atomic mass is 9.81.